The summed E-state index contributed by atoms with van der Waals surface area (Å²) in [5, 5.41) is 29.5. The minimum atomic E-state index is -1.23. The van der Waals surface area contributed by atoms with E-state index in [1.54, 1.807) is 68.4 Å². The number of ether oxygens (including phenoxy) is 4. The topological polar surface area (TPSA) is 164 Å². The maximum atomic E-state index is 12.5. The first-order chi connectivity index (χ1) is 22.1. The summed E-state index contributed by atoms with van der Waals surface area (Å²) in [6.45, 7) is 3.68. The van der Waals surface area contributed by atoms with Crippen molar-refractivity contribution in [1.29, 1.82) is 5.26 Å². The molecule has 4 N–H and O–H groups in total. The third kappa shape index (κ3) is 8.60. The number of hydrazone groups is 1. The molecule has 0 fully saturated rings. The lowest BCUT2D eigenvalue weighted by Crippen LogP contribution is -2.45. The Labute approximate surface area is 275 Å². The van der Waals surface area contributed by atoms with Crippen LogP contribution in [0.25, 0.3) is 0 Å². The van der Waals surface area contributed by atoms with E-state index in [0.717, 1.165) is 5.56 Å². The molecule has 2 atom stereocenters. The van der Waals surface area contributed by atoms with Gasteiger partial charge in [0.05, 0.1) is 48.2 Å². The van der Waals surface area contributed by atoms with E-state index < -0.39 is 24.3 Å². The average molecular weight is 669 g/mol. The number of hydrogen-bond donors (Lipinski definition) is 4. The molecule has 1 aliphatic rings. The second-order valence-electron chi connectivity index (χ2n) is 9.82. The average Bonchev–Trinajstić information content (AvgIpc) is 3.03. The van der Waals surface area contributed by atoms with Crippen molar-refractivity contribution in [1.82, 2.24) is 16.1 Å². The van der Waals surface area contributed by atoms with Gasteiger partial charge in [0.1, 0.15) is 19.0 Å². The smallest absolute Gasteiger partial charge is 0.337 e. The number of benzene rings is 3. The van der Waals surface area contributed by atoms with Crippen molar-refractivity contribution < 1.29 is 33.6 Å². The van der Waals surface area contributed by atoms with Crippen molar-refractivity contribution in [2.75, 3.05) is 20.3 Å². The number of halogens is 2. The normalized spacial score (nSPS) is 15.0. The molecule has 0 aromatic heterocycles. The number of nitrogens with one attached hydrogen (secondary N) is 3. The van der Waals surface area contributed by atoms with Gasteiger partial charge >= 0.3 is 12.0 Å². The van der Waals surface area contributed by atoms with E-state index >= 15 is 0 Å². The zero-order valence-electron chi connectivity index (χ0n) is 25.1. The number of carbonyl (C=O) groups is 2. The van der Waals surface area contributed by atoms with Gasteiger partial charge in [-0.2, -0.15) is 10.4 Å². The van der Waals surface area contributed by atoms with E-state index in [-0.39, 0.29) is 23.8 Å². The molecule has 14 heteroatoms. The van der Waals surface area contributed by atoms with Crippen LogP contribution in [0.1, 0.15) is 42.1 Å². The number of urea groups is 1. The van der Waals surface area contributed by atoms with E-state index in [2.05, 4.69) is 27.2 Å². The lowest BCUT2D eigenvalue weighted by atomic mass is 9.95. The number of carbonyl (C=O) groups excluding carboxylic acids is 2. The van der Waals surface area contributed by atoms with Crippen molar-refractivity contribution in [2.45, 2.75) is 32.7 Å². The number of allylic oxidation sites excluding steroid dienone is 1. The van der Waals surface area contributed by atoms with Crippen LogP contribution in [0.15, 0.2) is 71.0 Å². The quantitative estimate of drug-likeness (QED) is 0.0853. The highest BCUT2D eigenvalue weighted by molar-refractivity contribution is 6.36. The van der Waals surface area contributed by atoms with Gasteiger partial charge in [-0.15, -0.1) is 0 Å². The molecule has 0 spiro atoms. The van der Waals surface area contributed by atoms with E-state index in [0.29, 0.717) is 51.3 Å². The maximum absolute atomic E-state index is 12.5. The highest BCUT2D eigenvalue weighted by Gasteiger charge is 2.32. The van der Waals surface area contributed by atoms with Gasteiger partial charge in [-0.25, -0.2) is 9.59 Å². The largest absolute Gasteiger partial charge is 0.490 e. The van der Waals surface area contributed by atoms with Crippen LogP contribution in [-0.4, -0.2) is 49.9 Å². The maximum Gasteiger partial charge on any atom is 0.337 e. The third-order valence-electron chi connectivity index (χ3n) is 6.60. The molecule has 3 aromatic rings. The van der Waals surface area contributed by atoms with Gasteiger partial charge in [0.2, 0.25) is 0 Å². The molecule has 0 unspecified atom stereocenters. The van der Waals surface area contributed by atoms with Crippen molar-refractivity contribution >= 4 is 41.4 Å². The number of aliphatic hydroxyl groups is 1. The van der Waals surface area contributed by atoms with E-state index in [1.807, 2.05) is 0 Å². The second-order valence-corrected chi connectivity index (χ2v) is 10.7. The van der Waals surface area contributed by atoms with Crippen LogP contribution < -0.4 is 30.3 Å². The number of amides is 2. The molecule has 0 aliphatic carbocycles. The zero-order chi connectivity index (χ0) is 33.2. The Morgan fingerprint density at radius 3 is 2.59 bits per heavy atom. The number of nitriles is 1. The highest BCUT2D eigenvalue weighted by Crippen LogP contribution is 2.35. The van der Waals surface area contributed by atoms with Gasteiger partial charge in [0.15, 0.2) is 17.7 Å². The molecule has 4 rings (SSSR count). The zero-order valence-corrected chi connectivity index (χ0v) is 26.6. The molecule has 12 nitrogen and oxygen atoms in total. The summed E-state index contributed by atoms with van der Waals surface area (Å²) in [5.41, 5.74) is 5.59. The lowest BCUT2D eigenvalue weighted by molar-refractivity contribution is -0.136. The molecular formula is C32H31Cl2N5O7. The Kier molecular flexibility index (Phi) is 11.7. The highest BCUT2D eigenvalue weighted by atomic mass is 35.5. The molecule has 1 heterocycles. The summed E-state index contributed by atoms with van der Waals surface area (Å²) in [5.74, 6) is 0.394. The molecule has 3 aromatic carbocycles. The van der Waals surface area contributed by atoms with Crippen molar-refractivity contribution in [2.24, 2.45) is 5.10 Å². The third-order valence-corrected chi connectivity index (χ3v) is 7.10. The summed E-state index contributed by atoms with van der Waals surface area (Å²) in [7, 11) is 1.26. The standard InChI is InChI=1S/C32H31Cl2N5O7/c1-4-44-26-12-21(29-28(31(41)43-3)18(2)37-32(42)38-29)9-10-25(26)45-17-27(40)39-36-15-22-11-23(33)13-24(34)30(22)46-16-20-7-5-19(14-35)6-8-20/h5-13,15,27,29,39-40H,4,16-17H2,1-3H3,(H2,37,38,42)/b36-15+/t27-,29-/m1/s1. The minimum Gasteiger partial charge on any atom is -0.490 e. The van der Waals surface area contributed by atoms with Crippen LogP contribution >= 0.6 is 23.2 Å². The predicted octanol–water partition coefficient (Wildman–Crippen LogP) is 4.96. The number of methoxy groups -OCH3 is 1. The fourth-order valence-electron chi connectivity index (χ4n) is 4.47. The van der Waals surface area contributed by atoms with Crippen LogP contribution in [0, 0.1) is 11.3 Å². The SMILES string of the molecule is CCOc1cc([C@H]2NC(=O)NC(C)=C2C(=O)OC)ccc1OC[C@@H](O)N/N=C/c1cc(Cl)cc(Cl)c1OCc1ccc(C#N)cc1. The van der Waals surface area contributed by atoms with Crippen LogP contribution in [0.5, 0.6) is 17.2 Å². The molecule has 240 valence electrons. The molecular weight excluding hydrogens is 637 g/mol. The first-order valence-electron chi connectivity index (χ1n) is 14.0. The van der Waals surface area contributed by atoms with Gasteiger partial charge in [0, 0.05) is 16.3 Å². The molecule has 0 radical (unpaired) electrons. The summed E-state index contributed by atoms with van der Waals surface area (Å²) in [4.78, 5) is 24.6. The summed E-state index contributed by atoms with van der Waals surface area (Å²) >= 11 is 12.6. The van der Waals surface area contributed by atoms with Crippen molar-refractivity contribution in [3.05, 3.63) is 98.2 Å². The number of rotatable bonds is 13. The van der Waals surface area contributed by atoms with Gasteiger partial charge in [0.25, 0.3) is 0 Å². The first-order valence-corrected chi connectivity index (χ1v) is 14.7. The van der Waals surface area contributed by atoms with Gasteiger partial charge in [-0.3, -0.25) is 5.43 Å². The summed E-state index contributed by atoms with van der Waals surface area (Å²) in [6, 6.07) is 15.8. The van der Waals surface area contributed by atoms with Crippen LogP contribution in [0.3, 0.4) is 0 Å². The van der Waals surface area contributed by atoms with Crippen molar-refractivity contribution in [3.8, 4) is 23.3 Å². The Morgan fingerprint density at radius 2 is 1.89 bits per heavy atom. The summed E-state index contributed by atoms with van der Waals surface area (Å²) < 4.78 is 22.4. The molecule has 1 aliphatic heterocycles. The molecule has 0 saturated heterocycles. The van der Waals surface area contributed by atoms with E-state index in [9.17, 15) is 14.7 Å². The number of hydrogen-bond acceptors (Lipinski definition) is 10. The Morgan fingerprint density at radius 1 is 1.13 bits per heavy atom. The predicted molar refractivity (Wildman–Crippen MR) is 171 cm³/mol. The first kappa shape index (κ1) is 33.9. The van der Waals surface area contributed by atoms with Gasteiger partial charge in [-0.1, -0.05) is 41.4 Å². The molecule has 0 bridgehead atoms. The van der Waals surface area contributed by atoms with E-state index in [1.165, 1.54) is 13.3 Å². The summed E-state index contributed by atoms with van der Waals surface area (Å²) in [6.07, 6.45) is 0.167. The molecule has 46 heavy (non-hydrogen) atoms. The fraction of sp³-hybridized carbons (Fsp3) is 0.250. The van der Waals surface area contributed by atoms with E-state index in [4.69, 9.17) is 47.4 Å². The fourth-order valence-corrected chi connectivity index (χ4v) is 5.04. The van der Waals surface area contributed by atoms with Gasteiger partial charge < -0.3 is 34.7 Å². The van der Waals surface area contributed by atoms with Crippen LogP contribution in [0.2, 0.25) is 10.0 Å². The molecule has 2 amide bonds. The lowest BCUT2D eigenvalue weighted by Gasteiger charge is -2.28. The second kappa shape index (κ2) is 15.9. The Bertz CT molecular complexity index is 1690. The Balaban J connectivity index is 1.42. The van der Waals surface area contributed by atoms with Crippen LogP contribution in [0.4, 0.5) is 4.79 Å². The number of aliphatic hydroxyl groups excluding tert-OH is 1. The van der Waals surface area contributed by atoms with Crippen molar-refractivity contribution in [3.63, 3.8) is 0 Å². The number of esters is 1. The number of nitrogens with zero attached hydrogens (tertiary/aromatic N) is 2. The molecule has 0 saturated carbocycles. The monoisotopic (exact) mass is 667 g/mol. The van der Waals surface area contributed by atoms with Crippen LogP contribution in [-0.2, 0) is 16.1 Å². The minimum absolute atomic E-state index is 0.183. The van der Waals surface area contributed by atoms with Gasteiger partial charge in [-0.05, 0) is 61.4 Å². The Hall–Kier alpha value is -4.96.